The first kappa shape index (κ1) is 19.5. The fraction of sp³-hybridized carbons (Fsp3) is 0.350. The average molecular weight is 354 g/mol. The van der Waals surface area contributed by atoms with E-state index < -0.39 is 0 Å². The molecule has 1 aromatic carbocycles. The summed E-state index contributed by atoms with van der Waals surface area (Å²) >= 11 is 0. The van der Waals surface area contributed by atoms with Crippen molar-refractivity contribution >= 4 is 17.8 Å². The summed E-state index contributed by atoms with van der Waals surface area (Å²) < 4.78 is 13.3. The van der Waals surface area contributed by atoms with Crippen LogP contribution < -0.4 is 5.32 Å². The number of nitrogens with zero attached hydrogens (tertiary/aromatic N) is 3. The summed E-state index contributed by atoms with van der Waals surface area (Å²) in [5.74, 6) is 3.91. The van der Waals surface area contributed by atoms with Gasteiger partial charge in [-0.25, -0.2) is 14.4 Å². The van der Waals surface area contributed by atoms with E-state index in [2.05, 4.69) is 33.2 Å². The zero-order valence-electron chi connectivity index (χ0n) is 15.1. The highest BCUT2D eigenvalue weighted by Gasteiger charge is 2.22. The van der Waals surface area contributed by atoms with E-state index in [9.17, 15) is 4.39 Å². The number of aldehydes is 1. The van der Waals surface area contributed by atoms with Crippen LogP contribution >= 0.6 is 0 Å². The molecule has 1 aliphatic heterocycles. The number of aromatic nitrogens is 2. The Morgan fingerprint density at radius 1 is 1.38 bits per heavy atom. The Morgan fingerprint density at radius 2 is 2.15 bits per heavy atom. The number of rotatable bonds is 3. The van der Waals surface area contributed by atoms with E-state index in [0.29, 0.717) is 17.2 Å². The summed E-state index contributed by atoms with van der Waals surface area (Å²) in [6.07, 6.45) is 8.45. The Morgan fingerprint density at radius 3 is 2.81 bits per heavy atom. The van der Waals surface area contributed by atoms with Crippen LogP contribution in [0.25, 0.3) is 0 Å². The van der Waals surface area contributed by atoms with Crippen molar-refractivity contribution in [3.8, 4) is 12.3 Å². The molecule has 1 unspecified atom stereocenters. The van der Waals surface area contributed by atoms with Gasteiger partial charge in [-0.15, -0.1) is 6.42 Å². The highest BCUT2D eigenvalue weighted by Crippen LogP contribution is 2.25. The van der Waals surface area contributed by atoms with Gasteiger partial charge in [0.25, 0.3) is 0 Å². The van der Waals surface area contributed by atoms with E-state index in [-0.39, 0.29) is 11.7 Å². The molecule has 2 heterocycles. The standard InChI is InChI=1S/C18H19FN4.C2H4O/c1-3-15-11-17(20-16-8-4-7-14(19)10-16)22-18(21-15)13-6-5-9-23(2)12-13;1-2-3/h1,4,7-8,10-11,13H,5-6,9,12H2,2H3,(H,20,21,22);2H,1H3. The second-order valence-corrected chi connectivity index (χ2v) is 6.11. The minimum absolute atomic E-state index is 0.273. The van der Waals surface area contributed by atoms with E-state index in [1.165, 1.54) is 19.1 Å². The third-order valence-electron chi connectivity index (χ3n) is 3.98. The van der Waals surface area contributed by atoms with Crippen molar-refractivity contribution in [1.82, 2.24) is 14.9 Å². The van der Waals surface area contributed by atoms with Crippen LogP contribution in [0.3, 0.4) is 0 Å². The van der Waals surface area contributed by atoms with Gasteiger partial charge in [-0.1, -0.05) is 12.0 Å². The van der Waals surface area contributed by atoms with E-state index in [0.717, 1.165) is 38.0 Å². The predicted octanol–water partition coefficient (Wildman–Crippen LogP) is 3.36. The predicted molar refractivity (Wildman–Crippen MR) is 101 cm³/mol. The summed E-state index contributed by atoms with van der Waals surface area (Å²) in [6, 6.07) is 7.97. The molecule has 1 fully saturated rings. The topological polar surface area (TPSA) is 58.1 Å². The molecular weight excluding hydrogens is 331 g/mol. The zero-order chi connectivity index (χ0) is 18.9. The lowest BCUT2D eigenvalue weighted by Gasteiger charge is -2.28. The van der Waals surface area contributed by atoms with Gasteiger partial charge in [-0.3, -0.25) is 0 Å². The number of carbonyl (C=O) groups is 1. The van der Waals surface area contributed by atoms with Crippen LogP contribution in [0.1, 0.15) is 37.2 Å². The van der Waals surface area contributed by atoms with Crippen LogP contribution in [0, 0.1) is 18.2 Å². The first-order valence-corrected chi connectivity index (χ1v) is 8.52. The minimum Gasteiger partial charge on any atom is -0.340 e. The van der Waals surface area contributed by atoms with Crippen LogP contribution in [0.15, 0.2) is 30.3 Å². The second kappa shape index (κ2) is 9.64. The minimum atomic E-state index is -0.296. The highest BCUT2D eigenvalue weighted by molar-refractivity contribution is 5.57. The Kier molecular flexibility index (Phi) is 7.24. The summed E-state index contributed by atoms with van der Waals surface area (Å²) in [5.41, 5.74) is 1.18. The van der Waals surface area contributed by atoms with Gasteiger partial charge in [0.1, 0.15) is 29.4 Å². The maximum Gasteiger partial charge on any atom is 0.136 e. The van der Waals surface area contributed by atoms with E-state index in [1.54, 1.807) is 18.2 Å². The third kappa shape index (κ3) is 5.64. The fourth-order valence-electron chi connectivity index (χ4n) is 2.88. The number of anilines is 2. The number of piperidine rings is 1. The van der Waals surface area contributed by atoms with Crippen molar-refractivity contribution in [3.63, 3.8) is 0 Å². The summed E-state index contributed by atoms with van der Waals surface area (Å²) in [6.45, 7) is 3.47. The number of halogens is 1. The molecule has 0 radical (unpaired) electrons. The third-order valence-corrected chi connectivity index (χ3v) is 3.98. The Bertz CT molecular complexity index is 788. The molecule has 0 aliphatic carbocycles. The quantitative estimate of drug-likeness (QED) is 0.677. The summed E-state index contributed by atoms with van der Waals surface area (Å²) in [4.78, 5) is 20.2. The van der Waals surface area contributed by atoms with Crippen LogP contribution in [-0.2, 0) is 4.79 Å². The maximum atomic E-state index is 13.3. The Hall–Kier alpha value is -2.78. The molecule has 1 saturated heterocycles. The fourth-order valence-corrected chi connectivity index (χ4v) is 2.88. The molecule has 1 aliphatic rings. The van der Waals surface area contributed by atoms with Crippen LogP contribution in [0.4, 0.5) is 15.9 Å². The molecule has 0 spiro atoms. The Balaban J connectivity index is 0.000000758. The lowest BCUT2D eigenvalue weighted by Crippen LogP contribution is -2.31. The molecule has 2 aromatic rings. The molecule has 0 saturated carbocycles. The molecule has 26 heavy (non-hydrogen) atoms. The molecular formula is C20H23FN4O. The van der Waals surface area contributed by atoms with Gasteiger partial charge in [0.2, 0.25) is 0 Å². The SMILES string of the molecule is C#Cc1cc(Nc2cccc(F)c2)nc(C2CCCN(C)C2)n1.CC=O. The number of likely N-dealkylation sites (tertiary alicyclic amines) is 1. The summed E-state index contributed by atoms with van der Waals surface area (Å²) in [7, 11) is 2.10. The van der Waals surface area contributed by atoms with Gasteiger partial charge in [-0.05, 0) is 51.6 Å². The number of benzene rings is 1. The lowest BCUT2D eigenvalue weighted by molar-refractivity contribution is -0.106. The molecule has 136 valence electrons. The van der Waals surface area contributed by atoms with Crippen molar-refractivity contribution in [2.24, 2.45) is 0 Å². The van der Waals surface area contributed by atoms with Crippen molar-refractivity contribution in [2.75, 3.05) is 25.5 Å². The monoisotopic (exact) mass is 354 g/mol. The van der Waals surface area contributed by atoms with Crippen molar-refractivity contribution < 1.29 is 9.18 Å². The normalized spacial score (nSPS) is 16.8. The molecule has 1 aromatic heterocycles. The van der Waals surface area contributed by atoms with E-state index >= 15 is 0 Å². The number of hydrogen-bond acceptors (Lipinski definition) is 5. The van der Waals surface area contributed by atoms with Gasteiger partial charge in [0.05, 0.1) is 0 Å². The average Bonchev–Trinajstić information content (AvgIpc) is 2.62. The molecule has 0 amide bonds. The summed E-state index contributed by atoms with van der Waals surface area (Å²) in [5, 5.41) is 3.11. The van der Waals surface area contributed by atoms with Gasteiger partial charge in [-0.2, -0.15) is 0 Å². The number of terminal acetylenes is 1. The van der Waals surface area contributed by atoms with Crippen LogP contribution in [-0.4, -0.2) is 41.3 Å². The number of nitrogens with one attached hydrogen (secondary N) is 1. The second-order valence-electron chi connectivity index (χ2n) is 6.11. The maximum absolute atomic E-state index is 13.3. The van der Waals surface area contributed by atoms with Gasteiger partial charge >= 0.3 is 0 Å². The number of hydrogen-bond donors (Lipinski definition) is 1. The molecule has 0 bridgehead atoms. The lowest BCUT2D eigenvalue weighted by atomic mass is 9.97. The largest absolute Gasteiger partial charge is 0.340 e. The van der Waals surface area contributed by atoms with Gasteiger partial charge < -0.3 is 15.0 Å². The van der Waals surface area contributed by atoms with Crippen molar-refractivity contribution in [3.05, 3.63) is 47.7 Å². The smallest absolute Gasteiger partial charge is 0.136 e. The highest BCUT2D eigenvalue weighted by atomic mass is 19.1. The van der Waals surface area contributed by atoms with E-state index in [4.69, 9.17) is 11.2 Å². The molecule has 1 N–H and O–H groups in total. The molecule has 3 rings (SSSR count). The first-order valence-electron chi connectivity index (χ1n) is 8.52. The number of likely N-dealkylation sites (N-methyl/N-ethyl adjacent to an activating group) is 1. The van der Waals surface area contributed by atoms with Crippen LogP contribution in [0.5, 0.6) is 0 Å². The van der Waals surface area contributed by atoms with Gasteiger partial charge in [0.15, 0.2) is 0 Å². The molecule has 5 nitrogen and oxygen atoms in total. The molecule has 6 heteroatoms. The molecule has 1 atom stereocenters. The Labute approximate surface area is 153 Å². The first-order chi connectivity index (χ1) is 12.5. The van der Waals surface area contributed by atoms with Crippen LogP contribution in [0.2, 0.25) is 0 Å². The van der Waals surface area contributed by atoms with Crippen molar-refractivity contribution in [2.45, 2.75) is 25.7 Å². The van der Waals surface area contributed by atoms with Gasteiger partial charge in [0, 0.05) is 24.2 Å². The zero-order valence-corrected chi connectivity index (χ0v) is 15.1. The van der Waals surface area contributed by atoms with E-state index in [1.807, 2.05) is 0 Å². The van der Waals surface area contributed by atoms with Crippen molar-refractivity contribution in [1.29, 1.82) is 0 Å². The number of carbonyl (C=O) groups excluding carboxylic acids is 1.